The van der Waals surface area contributed by atoms with Crippen LogP contribution in [0.15, 0.2) is 35.5 Å². The van der Waals surface area contributed by atoms with E-state index in [2.05, 4.69) is 15.3 Å². The fraction of sp³-hybridized carbons (Fsp3) is 0.286. The smallest absolute Gasteiger partial charge is 0.189 e. The number of ether oxygens (including phenoxy) is 1. The van der Waals surface area contributed by atoms with Crippen molar-refractivity contribution in [3.8, 4) is 5.75 Å². The summed E-state index contributed by atoms with van der Waals surface area (Å²) in [5.74, 6) is 1.72. The summed E-state index contributed by atoms with van der Waals surface area (Å²) in [6, 6.07) is 9.89. The number of nitrogens with one attached hydrogen (secondary N) is 1. The van der Waals surface area contributed by atoms with Gasteiger partial charge in [0.1, 0.15) is 11.6 Å². The van der Waals surface area contributed by atoms with Crippen molar-refractivity contribution in [2.75, 3.05) is 18.7 Å². The molecule has 0 radical (unpaired) electrons. The van der Waals surface area contributed by atoms with Gasteiger partial charge in [0.05, 0.1) is 7.11 Å². The van der Waals surface area contributed by atoms with Crippen LogP contribution in [-0.2, 0) is 6.54 Å². The number of thioether (sulfide) groups is 1. The SMILES string of the molecule is COc1ccccc1CNc1cc(C)nc(SC)n1. The molecule has 100 valence electrons. The molecule has 1 N–H and O–H groups in total. The van der Waals surface area contributed by atoms with Gasteiger partial charge < -0.3 is 10.1 Å². The van der Waals surface area contributed by atoms with Crippen molar-refractivity contribution in [3.05, 3.63) is 41.6 Å². The topological polar surface area (TPSA) is 47.0 Å². The Hall–Kier alpha value is -1.75. The maximum Gasteiger partial charge on any atom is 0.189 e. The highest BCUT2D eigenvalue weighted by molar-refractivity contribution is 7.98. The standard InChI is InChI=1S/C14H17N3OS/c1-10-8-13(17-14(16-10)19-3)15-9-11-6-4-5-7-12(11)18-2/h4-8H,9H2,1-3H3,(H,15,16,17). The summed E-state index contributed by atoms with van der Waals surface area (Å²) in [7, 11) is 1.68. The van der Waals surface area contributed by atoms with Gasteiger partial charge in [-0.1, -0.05) is 30.0 Å². The molecule has 2 rings (SSSR count). The lowest BCUT2D eigenvalue weighted by Gasteiger charge is -2.10. The molecule has 0 saturated carbocycles. The highest BCUT2D eigenvalue weighted by atomic mass is 32.2. The van der Waals surface area contributed by atoms with E-state index in [1.54, 1.807) is 7.11 Å². The molecule has 0 atom stereocenters. The van der Waals surface area contributed by atoms with Crippen molar-refractivity contribution in [1.29, 1.82) is 0 Å². The second-order valence-corrected chi connectivity index (χ2v) is 4.82. The molecule has 0 aliphatic rings. The predicted molar refractivity (Wildman–Crippen MR) is 78.9 cm³/mol. The van der Waals surface area contributed by atoms with E-state index in [-0.39, 0.29) is 0 Å². The molecule has 4 nitrogen and oxygen atoms in total. The summed E-state index contributed by atoms with van der Waals surface area (Å²) in [6.07, 6.45) is 1.97. The zero-order valence-corrected chi connectivity index (χ0v) is 12.1. The van der Waals surface area contributed by atoms with Crippen LogP contribution in [0.5, 0.6) is 5.75 Å². The van der Waals surface area contributed by atoms with E-state index in [0.717, 1.165) is 28.0 Å². The van der Waals surface area contributed by atoms with Crippen molar-refractivity contribution in [2.45, 2.75) is 18.6 Å². The van der Waals surface area contributed by atoms with Gasteiger partial charge in [0.15, 0.2) is 5.16 Å². The van der Waals surface area contributed by atoms with Gasteiger partial charge in [-0.2, -0.15) is 0 Å². The van der Waals surface area contributed by atoms with Gasteiger partial charge in [-0.3, -0.25) is 0 Å². The van der Waals surface area contributed by atoms with E-state index in [1.165, 1.54) is 11.8 Å². The van der Waals surface area contributed by atoms with Gasteiger partial charge in [-0.15, -0.1) is 0 Å². The maximum atomic E-state index is 5.33. The van der Waals surface area contributed by atoms with Gasteiger partial charge in [-0.25, -0.2) is 9.97 Å². The summed E-state index contributed by atoms with van der Waals surface area (Å²) < 4.78 is 5.33. The van der Waals surface area contributed by atoms with Crippen LogP contribution < -0.4 is 10.1 Å². The lowest BCUT2D eigenvalue weighted by atomic mass is 10.2. The monoisotopic (exact) mass is 275 g/mol. The molecule has 2 aromatic rings. The third-order valence-corrected chi connectivity index (χ3v) is 3.22. The average Bonchev–Trinajstić information content (AvgIpc) is 2.44. The molecule has 0 unspecified atom stereocenters. The van der Waals surface area contributed by atoms with Gasteiger partial charge >= 0.3 is 0 Å². The molecule has 1 heterocycles. The Balaban J connectivity index is 2.12. The number of methoxy groups -OCH3 is 1. The van der Waals surface area contributed by atoms with Crippen LogP contribution in [0.1, 0.15) is 11.3 Å². The van der Waals surface area contributed by atoms with E-state index in [0.29, 0.717) is 6.54 Å². The number of hydrogen-bond acceptors (Lipinski definition) is 5. The number of anilines is 1. The third-order valence-electron chi connectivity index (χ3n) is 2.67. The lowest BCUT2D eigenvalue weighted by molar-refractivity contribution is 0.410. The minimum atomic E-state index is 0.675. The molecule has 0 aliphatic heterocycles. The Morgan fingerprint density at radius 3 is 2.79 bits per heavy atom. The molecule has 1 aromatic carbocycles. The Bertz CT molecular complexity index is 560. The minimum absolute atomic E-state index is 0.675. The molecule has 19 heavy (non-hydrogen) atoms. The minimum Gasteiger partial charge on any atom is -0.496 e. The summed E-state index contributed by atoms with van der Waals surface area (Å²) >= 11 is 1.54. The Morgan fingerprint density at radius 1 is 1.26 bits per heavy atom. The maximum absolute atomic E-state index is 5.33. The number of benzene rings is 1. The van der Waals surface area contributed by atoms with E-state index < -0.39 is 0 Å². The fourth-order valence-electron chi connectivity index (χ4n) is 1.76. The van der Waals surface area contributed by atoms with Gasteiger partial charge in [0, 0.05) is 23.9 Å². The molecule has 0 amide bonds. The number of hydrogen-bond donors (Lipinski definition) is 1. The quantitative estimate of drug-likeness (QED) is 0.671. The largest absolute Gasteiger partial charge is 0.496 e. The Kier molecular flexibility index (Phi) is 4.63. The van der Waals surface area contributed by atoms with Crippen molar-refractivity contribution >= 4 is 17.6 Å². The molecule has 0 fully saturated rings. The van der Waals surface area contributed by atoms with Crippen LogP contribution in [0.4, 0.5) is 5.82 Å². The fourth-order valence-corrected chi connectivity index (χ4v) is 2.18. The summed E-state index contributed by atoms with van der Waals surface area (Å²) in [5, 5.41) is 4.09. The van der Waals surface area contributed by atoms with Gasteiger partial charge in [-0.05, 0) is 19.2 Å². The summed E-state index contributed by atoms with van der Waals surface area (Å²) in [6.45, 7) is 2.64. The first-order valence-corrected chi connectivity index (χ1v) is 7.21. The normalized spacial score (nSPS) is 10.3. The van der Waals surface area contributed by atoms with Crippen molar-refractivity contribution in [3.63, 3.8) is 0 Å². The zero-order valence-electron chi connectivity index (χ0n) is 11.3. The second kappa shape index (κ2) is 6.43. The number of para-hydroxylation sites is 1. The molecule has 0 bridgehead atoms. The van der Waals surface area contributed by atoms with E-state index in [4.69, 9.17) is 4.74 Å². The molecule has 1 aromatic heterocycles. The molecule has 0 saturated heterocycles. The first-order valence-electron chi connectivity index (χ1n) is 5.98. The van der Waals surface area contributed by atoms with Gasteiger partial charge in [0.25, 0.3) is 0 Å². The second-order valence-electron chi connectivity index (χ2n) is 4.05. The van der Waals surface area contributed by atoms with Crippen LogP contribution in [-0.4, -0.2) is 23.3 Å². The van der Waals surface area contributed by atoms with Crippen molar-refractivity contribution < 1.29 is 4.74 Å². The Labute approximate surface area is 117 Å². The van der Waals surface area contributed by atoms with Crippen LogP contribution in [0, 0.1) is 6.92 Å². The Morgan fingerprint density at radius 2 is 2.05 bits per heavy atom. The molecule has 0 aliphatic carbocycles. The lowest BCUT2D eigenvalue weighted by Crippen LogP contribution is -2.04. The summed E-state index contributed by atoms with van der Waals surface area (Å²) in [4.78, 5) is 8.75. The molecular formula is C14H17N3OS. The number of aryl methyl sites for hydroxylation is 1. The third kappa shape index (κ3) is 3.61. The molecular weight excluding hydrogens is 258 g/mol. The van der Waals surface area contributed by atoms with Crippen molar-refractivity contribution in [2.24, 2.45) is 0 Å². The predicted octanol–water partition coefficient (Wildman–Crippen LogP) is 3.13. The highest BCUT2D eigenvalue weighted by Crippen LogP contribution is 2.19. The van der Waals surface area contributed by atoms with Crippen LogP contribution in [0.2, 0.25) is 0 Å². The van der Waals surface area contributed by atoms with Gasteiger partial charge in [0.2, 0.25) is 0 Å². The highest BCUT2D eigenvalue weighted by Gasteiger charge is 2.04. The number of aromatic nitrogens is 2. The number of rotatable bonds is 5. The van der Waals surface area contributed by atoms with Crippen LogP contribution in [0.25, 0.3) is 0 Å². The van der Waals surface area contributed by atoms with E-state index in [9.17, 15) is 0 Å². The summed E-state index contributed by atoms with van der Waals surface area (Å²) in [5.41, 5.74) is 2.06. The first kappa shape index (κ1) is 13.7. The van der Waals surface area contributed by atoms with Crippen molar-refractivity contribution in [1.82, 2.24) is 9.97 Å². The molecule has 5 heteroatoms. The van der Waals surface area contributed by atoms with Crippen LogP contribution >= 0.6 is 11.8 Å². The number of nitrogens with zero attached hydrogens (tertiary/aromatic N) is 2. The molecule has 0 spiro atoms. The average molecular weight is 275 g/mol. The van der Waals surface area contributed by atoms with Crippen LogP contribution in [0.3, 0.4) is 0 Å². The zero-order chi connectivity index (χ0) is 13.7. The van der Waals surface area contributed by atoms with E-state index in [1.807, 2.05) is 43.5 Å². The first-order chi connectivity index (χ1) is 9.22. The van der Waals surface area contributed by atoms with E-state index >= 15 is 0 Å².